The number of hydrogen-bond donors (Lipinski definition) is 0. The molecule has 1 aromatic carbocycles. The Morgan fingerprint density at radius 1 is 1.45 bits per heavy atom. The lowest BCUT2D eigenvalue weighted by atomic mass is 10.1. The number of benzene rings is 1. The van der Waals surface area contributed by atoms with Crippen molar-refractivity contribution in [2.45, 2.75) is 26.3 Å². The zero-order chi connectivity index (χ0) is 14.7. The highest BCUT2D eigenvalue weighted by atomic mass is 19.1. The molecule has 2 rings (SSSR count). The van der Waals surface area contributed by atoms with Crippen LogP contribution in [0.2, 0.25) is 0 Å². The van der Waals surface area contributed by atoms with Crippen LogP contribution in [0.3, 0.4) is 0 Å². The van der Waals surface area contributed by atoms with Gasteiger partial charge < -0.3 is 4.74 Å². The maximum atomic E-state index is 13.8. The standard InChI is InChI=1S/C14H16FN3O2/c1-9(2)18-14(16-8-17-18)7-13(19)11-5-4-10(20-3)6-12(11)15/h4-6,8-9H,7H2,1-3H3. The predicted octanol–water partition coefficient (Wildman–Crippen LogP) is 2.43. The molecule has 1 aromatic heterocycles. The number of aromatic nitrogens is 3. The summed E-state index contributed by atoms with van der Waals surface area (Å²) in [7, 11) is 1.45. The van der Waals surface area contributed by atoms with Crippen molar-refractivity contribution in [1.82, 2.24) is 14.8 Å². The van der Waals surface area contributed by atoms with Crippen molar-refractivity contribution in [2.24, 2.45) is 0 Å². The third-order valence-electron chi connectivity index (χ3n) is 2.93. The first-order chi connectivity index (χ1) is 9.52. The summed E-state index contributed by atoms with van der Waals surface area (Å²) < 4.78 is 20.4. The zero-order valence-electron chi connectivity index (χ0n) is 11.6. The Hall–Kier alpha value is -2.24. The number of ketones is 1. The molecule has 0 aliphatic carbocycles. The fourth-order valence-corrected chi connectivity index (χ4v) is 1.92. The summed E-state index contributed by atoms with van der Waals surface area (Å²) in [5.41, 5.74) is 0.0316. The van der Waals surface area contributed by atoms with Crippen LogP contribution in [-0.2, 0) is 6.42 Å². The van der Waals surface area contributed by atoms with E-state index in [-0.39, 0.29) is 23.8 Å². The van der Waals surface area contributed by atoms with E-state index in [1.54, 1.807) is 10.7 Å². The molecule has 0 aliphatic rings. The minimum absolute atomic E-state index is 0.0153. The lowest BCUT2D eigenvalue weighted by Crippen LogP contribution is -2.14. The van der Waals surface area contributed by atoms with Crippen molar-refractivity contribution in [3.8, 4) is 5.75 Å². The number of rotatable bonds is 5. The van der Waals surface area contributed by atoms with Crippen LogP contribution in [0.25, 0.3) is 0 Å². The molecule has 0 spiro atoms. The highest BCUT2D eigenvalue weighted by Gasteiger charge is 2.17. The third kappa shape index (κ3) is 2.84. The molecule has 0 radical (unpaired) electrons. The van der Waals surface area contributed by atoms with Gasteiger partial charge in [-0.05, 0) is 26.0 Å². The van der Waals surface area contributed by atoms with Gasteiger partial charge in [-0.2, -0.15) is 5.10 Å². The van der Waals surface area contributed by atoms with Crippen LogP contribution in [0, 0.1) is 5.82 Å². The van der Waals surface area contributed by atoms with E-state index in [0.717, 1.165) is 0 Å². The van der Waals surface area contributed by atoms with Gasteiger partial charge in [0.2, 0.25) is 0 Å². The molecule has 0 saturated carbocycles. The molecule has 20 heavy (non-hydrogen) atoms. The van der Waals surface area contributed by atoms with Crippen LogP contribution in [0.4, 0.5) is 4.39 Å². The second-order valence-electron chi connectivity index (χ2n) is 4.66. The van der Waals surface area contributed by atoms with Crippen molar-refractivity contribution in [3.63, 3.8) is 0 Å². The topological polar surface area (TPSA) is 57.0 Å². The summed E-state index contributed by atoms with van der Waals surface area (Å²) >= 11 is 0. The number of nitrogens with zero attached hydrogens (tertiary/aromatic N) is 3. The van der Waals surface area contributed by atoms with Crippen LogP contribution in [0.1, 0.15) is 36.1 Å². The van der Waals surface area contributed by atoms with Gasteiger partial charge in [0.25, 0.3) is 0 Å². The maximum Gasteiger partial charge on any atom is 0.173 e. The van der Waals surface area contributed by atoms with Crippen molar-refractivity contribution in [3.05, 3.63) is 41.7 Å². The van der Waals surface area contributed by atoms with E-state index in [1.165, 1.54) is 25.6 Å². The fraction of sp³-hybridized carbons (Fsp3) is 0.357. The van der Waals surface area contributed by atoms with Crippen LogP contribution in [0.15, 0.2) is 24.5 Å². The SMILES string of the molecule is COc1ccc(C(=O)Cc2ncnn2C(C)C)c(F)c1. The van der Waals surface area contributed by atoms with Crippen molar-refractivity contribution < 1.29 is 13.9 Å². The summed E-state index contributed by atoms with van der Waals surface area (Å²) in [5, 5.41) is 4.05. The molecule has 0 saturated heterocycles. The Bertz CT molecular complexity index is 623. The summed E-state index contributed by atoms with van der Waals surface area (Å²) in [6.45, 7) is 3.88. The van der Waals surface area contributed by atoms with Gasteiger partial charge in [0, 0.05) is 12.1 Å². The van der Waals surface area contributed by atoms with E-state index in [1.807, 2.05) is 13.8 Å². The third-order valence-corrected chi connectivity index (χ3v) is 2.93. The molecule has 106 valence electrons. The first kappa shape index (κ1) is 14.2. The van der Waals surface area contributed by atoms with Gasteiger partial charge in [-0.15, -0.1) is 0 Å². The number of carbonyl (C=O) groups is 1. The molecule has 5 nitrogen and oxygen atoms in total. The van der Waals surface area contributed by atoms with E-state index in [4.69, 9.17) is 4.74 Å². The molecule has 0 unspecified atom stereocenters. The molecule has 1 heterocycles. The van der Waals surface area contributed by atoms with Crippen LogP contribution >= 0.6 is 0 Å². The predicted molar refractivity (Wildman–Crippen MR) is 71.4 cm³/mol. The number of halogens is 1. The Kier molecular flexibility index (Phi) is 4.12. The van der Waals surface area contributed by atoms with Crippen molar-refractivity contribution >= 4 is 5.78 Å². The van der Waals surface area contributed by atoms with Crippen molar-refractivity contribution in [1.29, 1.82) is 0 Å². The van der Waals surface area contributed by atoms with Gasteiger partial charge in [-0.25, -0.2) is 14.1 Å². The Morgan fingerprint density at radius 2 is 2.20 bits per heavy atom. The smallest absolute Gasteiger partial charge is 0.173 e. The quantitative estimate of drug-likeness (QED) is 0.788. The average molecular weight is 277 g/mol. The number of hydrogen-bond acceptors (Lipinski definition) is 4. The molecule has 6 heteroatoms. The van der Waals surface area contributed by atoms with Gasteiger partial charge in [-0.1, -0.05) is 0 Å². The Morgan fingerprint density at radius 3 is 2.80 bits per heavy atom. The maximum absolute atomic E-state index is 13.8. The minimum Gasteiger partial charge on any atom is -0.497 e. The normalized spacial score (nSPS) is 10.8. The van der Waals surface area contributed by atoms with Gasteiger partial charge in [-0.3, -0.25) is 4.79 Å². The zero-order valence-corrected chi connectivity index (χ0v) is 11.6. The second kappa shape index (κ2) is 5.81. The molecular weight excluding hydrogens is 261 g/mol. The Labute approximate surface area is 116 Å². The van der Waals surface area contributed by atoms with Crippen LogP contribution < -0.4 is 4.74 Å². The summed E-state index contributed by atoms with van der Waals surface area (Å²) in [6.07, 6.45) is 1.41. The highest BCUT2D eigenvalue weighted by Crippen LogP contribution is 2.18. The molecule has 0 atom stereocenters. The summed E-state index contributed by atoms with van der Waals surface area (Å²) in [5.74, 6) is -0.0189. The second-order valence-corrected chi connectivity index (χ2v) is 4.66. The number of ether oxygens (including phenoxy) is 1. The highest BCUT2D eigenvalue weighted by molar-refractivity contribution is 5.97. The number of carbonyl (C=O) groups excluding carboxylic acids is 1. The van der Waals surface area contributed by atoms with Gasteiger partial charge in [0.05, 0.1) is 19.1 Å². The van der Waals surface area contributed by atoms with E-state index in [9.17, 15) is 9.18 Å². The monoisotopic (exact) mass is 277 g/mol. The largest absolute Gasteiger partial charge is 0.497 e. The molecule has 0 fully saturated rings. The lowest BCUT2D eigenvalue weighted by Gasteiger charge is -2.09. The van der Waals surface area contributed by atoms with E-state index in [2.05, 4.69) is 10.1 Å². The molecular formula is C14H16FN3O2. The summed E-state index contributed by atoms with van der Waals surface area (Å²) in [6, 6.07) is 4.28. The number of methoxy groups -OCH3 is 1. The lowest BCUT2D eigenvalue weighted by molar-refractivity contribution is 0.0985. The van der Waals surface area contributed by atoms with E-state index < -0.39 is 5.82 Å². The van der Waals surface area contributed by atoms with E-state index >= 15 is 0 Å². The molecule has 0 aliphatic heterocycles. The molecule has 0 amide bonds. The molecule has 0 N–H and O–H groups in total. The number of Topliss-reactive ketones (excluding diaryl/α,β-unsaturated/α-hetero) is 1. The van der Waals surface area contributed by atoms with Gasteiger partial charge in [0.1, 0.15) is 23.7 Å². The van der Waals surface area contributed by atoms with Gasteiger partial charge in [0.15, 0.2) is 5.78 Å². The van der Waals surface area contributed by atoms with Crippen molar-refractivity contribution in [2.75, 3.05) is 7.11 Å². The summed E-state index contributed by atoms with van der Waals surface area (Å²) in [4.78, 5) is 16.2. The van der Waals surface area contributed by atoms with Gasteiger partial charge >= 0.3 is 0 Å². The first-order valence-electron chi connectivity index (χ1n) is 6.28. The molecule has 0 bridgehead atoms. The van der Waals surface area contributed by atoms with E-state index in [0.29, 0.717) is 11.6 Å². The molecule has 2 aromatic rings. The van der Waals surface area contributed by atoms with Crippen LogP contribution in [-0.4, -0.2) is 27.7 Å². The average Bonchev–Trinajstić information content (AvgIpc) is 2.86. The minimum atomic E-state index is -0.593. The Balaban J connectivity index is 2.22. The first-order valence-corrected chi connectivity index (χ1v) is 6.28. The fourth-order valence-electron chi connectivity index (χ4n) is 1.92. The van der Waals surface area contributed by atoms with Crippen LogP contribution in [0.5, 0.6) is 5.75 Å².